The molecule has 4 rings (SSSR count). The fourth-order valence-corrected chi connectivity index (χ4v) is 13.1. The van der Waals surface area contributed by atoms with Crippen LogP contribution in [-0.2, 0) is 0 Å². The van der Waals surface area contributed by atoms with Gasteiger partial charge in [0.15, 0.2) is 0 Å². The van der Waals surface area contributed by atoms with Crippen LogP contribution in [0.2, 0.25) is 0 Å². The van der Waals surface area contributed by atoms with E-state index in [4.69, 9.17) is 0 Å². The molecule has 0 aliphatic heterocycles. The molecule has 9 atom stereocenters. The fraction of sp³-hybridized carbons (Fsp3) is 0.959. The van der Waals surface area contributed by atoms with Crippen molar-refractivity contribution >= 4 is 0 Å². The van der Waals surface area contributed by atoms with Crippen molar-refractivity contribution in [1.29, 1.82) is 0 Å². The minimum atomic E-state index is -0.645. The highest BCUT2D eigenvalue weighted by molar-refractivity contribution is 5.28. The van der Waals surface area contributed by atoms with Gasteiger partial charge in [0.25, 0.3) is 0 Å². The van der Waals surface area contributed by atoms with Crippen molar-refractivity contribution in [3.8, 4) is 0 Å². The zero-order valence-corrected chi connectivity index (χ0v) is 36.0. The molecule has 298 valence electrons. The van der Waals surface area contributed by atoms with E-state index in [0.29, 0.717) is 5.41 Å². The van der Waals surface area contributed by atoms with Crippen LogP contribution in [0, 0.1) is 52.3 Å². The van der Waals surface area contributed by atoms with Gasteiger partial charge in [0, 0.05) is 6.42 Å². The topological polar surface area (TPSA) is 23.5 Å². The van der Waals surface area contributed by atoms with Crippen LogP contribution < -0.4 is 0 Å². The van der Waals surface area contributed by atoms with Crippen molar-refractivity contribution in [3.05, 3.63) is 11.6 Å². The number of nitrogens with zero attached hydrogens (tertiary/aromatic N) is 1. The predicted molar refractivity (Wildman–Crippen MR) is 224 cm³/mol. The van der Waals surface area contributed by atoms with E-state index < -0.39 is 5.72 Å². The standard InChI is InChI=1S/C49H91NO/c1-9-12-13-14-15-16-17-18-19-20-21-22-23-24-25-26-30-41-37-42-38-49(51,50(10-2)11-3)36-35-47(42,7)45-33-34-48(8)43(31-32-44(48)46(41)45)40(6)29-27-28-39(4)5/h37,39-41,43-46,51H,9-36,38H2,1-8H3/t40-,41?,43-,44+,45+,46+,47+,48-,49+/m1/s1. The molecule has 0 saturated heterocycles. The molecule has 0 radical (unpaired) electrons. The zero-order valence-electron chi connectivity index (χ0n) is 36.0. The summed E-state index contributed by atoms with van der Waals surface area (Å²) in [6, 6.07) is 0. The Bertz CT molecular complexity index is 998. The van der Waals surface area contributed by atoms with Gasteiger partial charge < -0.3 is 5.11 Å². The van der Waals surface area contributed by atoms with Gasteiger partial charge in [-0.2, -0.15) is 0 Å². The van der Waals surface area contributed by atoms with Crippen molar-refractivity contribution < 1.29 is 5.11 Å². The Morgan fingerprint density at radius 1 is 0.667 bits per heavy atom. The largest absolute Gasteiger partial charge is 0.375 e. The van der Waals surface area contributed by atoms with Gasteiger partial charge in [-0.3, -0.25) is 4.90 Å². The average Bonchev–Trinajstić information content (AvgIpc) is 3.46. The lowest BCUT2D eigenvalue weighted by molar-refractivity contribution is -0.147. The average molecular weight is 710 g/mol. The number of hydrogen-bond acceptors (Lipinski definition) is 2. The van der Waals surface area contributed by atoms with Gasteiger partial charge >= 0.3 is 0 Å². The van der Waals surface area contributed by atoms with Crippen molar-refractivity contribution in [3.63, 3.8) is 0 Å². The van der Waals surface area contributed by atoms with E-state index in [9.17, 15) is 5.11 Å². The summed E-state index contributed by atoms with van der Waals surface area (Å²) in [5, 5.41) is 12.1. The molecule has 3 saturated carbocycles. The first-order chi connectivity index (χ1) is 24.5. The van der Waals surface area contributed by atoms with E-state index in [1.165, 1.54) is 161 Å². The Morgan fingerprint density at radius 3 is 1.78 bits per heavy atom. The molecule has 1 N–H and O–H groups in total. The maximum atomic E-state index is 12.1. The van der Waals surface area contributed by atoms with Gasteiger partial charge in [0.05, 0.1) is 0 Å². The monoisotopic (exact) mass is 710 g/mol. The van der Waals surface area contributed by atoms with Gasteiger partial charge in [0.1, 0.15) is 5.72 Å². The summed E-state index contributed by atoms with van der Waals surface area (Å²) >= 11 is 0. The minimum Gasteiger partial charge on any atom is -0.375 e. The number of unbranched alkanes of at least 4 members (excludes halogenated alkanes) is 15. The molecular weight excluding hydrogens is 619 g/mol. The van der Waals surface area contributed by atoms with E-state index >= 15 is 0 Å². The molecule has 2 heteroatoms. The van der Waals surface area contributed by atoms with E-state index in [1.807, 2.05) is 0 Å². The maximum absolute atomic E-state index is 12.1. The molecule has 0 aromatic heterocycles. The van der Waals surface area contributed by atoms with E-state index in [-0.39, 0.29) is 5.41 Å². The maximum Gasteiger partial charge on any atom is 0.122 e. The van der Waals surface area contributed by atoms with Crippen LogP contribution in [0.15, 0.2) is 11.6 Å². The van der Waals surface area contributed by atoms with Gasteiger partial charge in [-0.15, -0.1) is 0 Å². The zero-order chi connectivity index (χ0) is 36.9. The molecule has 3 fully saturated rings. The highest BCUT2D eigenvalue weighted by Gasteiger charge is 2.62. The van der Waals surface area contributed by atoms with Crippen LogP contribution in [0.4, 0.5) is 0 Å². The van der Waals surface area contributed by atoms with Crippen LogP contribution in [0.5, 0.6) is 0 Å². The molecule has 51 heavy (non-hydrogen) atoms. The summed E-state index contributed by atoms with van der Waals surface area (Å²) in [4.78, 5) is 2.37. The minimum absolute atomic E-state index is 0.289. The summed E-state index contributed by atoms with van der Waals surface area (Å²) in [5.41, 5.74) is 1.83. The van der Waals surface area contributed by atoms with Gasteiger partial charge in [-0.05, 0) is 110 Å². The molecule has 0 aromatic carbocycles. The van der Waals surface area contributed by atoms with Crippen molar-refractivity contribution in [1.82, 2.24) is 4.90 Å². The fourth-order valence-electron chi connectivity index (χ4n) is 13.1. The molecule has 4 aliphatic rings. The van der Waals surface area contributed by atoms with Gasteiger partial charge in [-0.25, -0.2) is 0 Å². The lowest BCUT2D eigenvalue weighted by Crippen LogP contribution is -2.58. The van der Waals surface area contributed by atoms with Crippen LogP contribution in [-0.4, -0.2) is 28.8 Å². The van der Waals surface area contributed by atoms with E-state index in [0.717, 1.165) is 67.4 Å². The summed E-state index contributed by atoms with van der Waals surface area (Å²) in [7, 11) is 0. The Labute approximate surface area is 320 Å². The first-order valence-corrected chi connectivity index (χ1v) is 23.7. The molecular formula is C49H91NO. The lowest BCUT2D eigenvalue weighted by Gasteiger charge is -2.62. The molecule has 1 unspecified atom stereocenters. The Hall–Kier alpha value is -0.340. The summed E-state index contributed by atoms with van der Waals surface area (Å²) in [6.07, 6.45) is 40.5. The highest BCUT2D eigenvalue weighted by Crippen LogP contribution is 2.69. The van der Waals surface area contributed by atoms with Gasteiger partial charge in [-0.1, -0.05) is 189 Å². The molecule has 0 amide bonds. The Morgan fingerprint density at radius 2 is 1.24 bits per heavy atom. The number of fused-ring (bicyclic) bond motifs is 5. The molecule has 2 nitrogen and oxygen atoms in total. The number of hydrogen-bond donors (Lipinski definition) is 1. The predicted octanol–water partition coefficient (Wildman–Crippen LogP) is 14.9. The first kappa shape index (κ1) is 43.4. The highest BCUT2D eigenvalue weighted by atomic mass is 16.3. The summed E-state index contributed by atoms with van der Waals surface area (Å²) < 4.78 is 0. The summed E-state index contributed by atoms with van der Waals surface area (Å²) in [5.74, 6) is 5.94. The van der Waals surface area contributed by atoms with Gasteiger partial charge in [0.2, 0.25) is 0 Å². The quantitative estimate of drug-likeness (QED) is 0.0579. The second-order valence-corrected chi connectivity index (χ2v) is 20.0. The number of aliphatic hydroxyl groups is 1. The lowest BCUT2D eigenvalue weighted by atomic mass is 9.44. The van der Waals surface area contributed by atoms with Crippen LogP contribution in [0.25, 0.3) is 0 Å². The van der Waals surface area contributed by atoms with Crippen molar-refractivity contribution in [2.45, 2.75) is 234 Å². The Balaban J connectivity index is 1.33. The number of rotatable bonds is 25. The summed E-state index contributed by atoms with van der Waals surface area (Å²) in [6.45, 7) is 21.6. The van der Waals surface area contributed by atoms with Crippen LogP contribution in [0.1, 0.15) is 229 Å². The third-order valence-electron chi connectivity index (χ3n) is 16.3. The van der Waals surface area contributed by atoms with Crippen molar-refractivity contribution in [2.24, 2.45) is 52.3 Å². The third kappa shape index (κ3) is 11.1. The molecule has 0 bridgehead atoms. The second-order valence-electron chi connectivity index (χ2n) is 20.0. The van der Waals surface area contributed by atoms with E-state index in [2.05, 4.69) is 66.4 Å². The normalized spacial score (nSPS) is 34.0. The first-order valence-electron chi connectivity index (χ1n) is 23.7. The smallest absolute Gasteiger partial charge is 0.122 e. The van der Waals surface area contributed by atoms with Crippen molar-refractivity contribution in [2.75, 3.05) is 13.1 Å². The second kappa shape index (κ2) is 21.1. The Kier molecular flexibility index (Phi) is 17.9. The third-order valence-corrected chi connectivity index (χ3v) is 16.3. The number of allylic oxidation sites excluding steroid dienone is 1. The molecule has 0 spiro atoms. The molecule has 0 heterocycles. The SMILES string of the molecule is CCCCCCCCCCCCCCCCCCC1C=C2C[C@](O)(N(CC)CC)CC[C@]2(C)[C@H]2CC[C@]3(C)[C@@H]([C@H](C)CCCC(C)C)CC[C@H]3[C@H]12. The van der Waals surface area contributed by atoms with Crippen LogP contribution in [0.3, 0.4) is 0 Å². The van der Waals surface area contributed by atoms with Crippen LogP contribution >= 0.6 is 0 Å². The van der Waals surface area contributed by atoms with E-state index in [1.54, 1.807) is 5.57 Å². The molecule has 0 aromatic rings. The molecule has 4 aliphatic carbocycles.